The van der Waals surface area contributed by atoms with Gasteiger partial charge in [-0.25, -0.2) is 0 Å². The van der Waals surface area contributed by atoms with Crippen molar-refractivity contribution in [2.24, 2.45) is 0 Å². The van der Waals surface area contributed by atoms with Crippen molar-refractivity contribution in [1.29, 1.82) is 0 Å². The molecule has 0 spiro atoms. The molecule has 0 radical (unpaired) electrons. The summed E-state index contributed by atoms with van der Waals surface area (Å²) in [7, 11) is 0. The van der Waals surface area contributed by atoms with Gasteiger partial charge in [0.1, 0.15) is 0 Å². The smallest absolute Gasteiger partial charge is 0.219 e. The van der Waals surface area contributed by atoms with Crippen LogP contribution in [0.15, 0.2) is 30.3 Å². The van der Waals surface area contributed by atoms with E-state index in [0.29, 0.717) is 11.3 Å². The molecule has 1 aromatic carbocycles. The average Bonchev–Trinajstić information content (AvgIpc) is 2.36. The zero-order chi connectivity index (χ0) is 13.6. The molecule has 98 valence electrons. The molecule has 0 aromatic heterocycles. The van der Waals surface area contributed by atoms with Crippen molar-refractivity contribution in [2.75, 3.05) is 12.4 Å². The first-order chi connectivity index (χ1) is 8.47. The summed E-state index contributed by atoms with van der Waals surface area (Å²) in [4.78, 5) is 22.9. The number of benzene rings is 1. The highest BCUT2D eigenvalue weighted by atomic mass is 32.2. The Morgan fingerprint density at radius 3 is 2.44 bits per heavy atom. The van der Waals surface area contributed by atoms with E-state index in [-0.39, 0.29) is 17.6 Å². The molecule has 1 aromatic rings. The molecule has 0 fully saturated rings. The van der Waals surface area contributed by atoms with Crippen LogP contribution in [0.3, 0.4) is 0 Å². The fourth-order valence-electron chi connectivity index (χ4n) is 1.43. The number of hydrogen-bond acceptors (Lipinski definition) is 4. The van der Waals surface area contributed by atoms with E-state index in [1.54, 1.807) is 31.2 Å². The molecular formula is C13H17NO3S. The topological polar surface area (TPSA) is 66.4 Å². The molecule has 0 aliphatic carbocycles. The van der Waals surface area contributed by atoms with E-state index in [4.69, 9.17) is 0 Å². The zero-order valence-corrected chi connectivity index (χ0v) is 11.3. The van der Waals surface area contributed by atoms with Gasteiger partial charge in [0.25, 0.3) is 0 Å². The maximum absolute atomic E-state index is 11.9. The second kappa shape index (κ2) is 6.56. The Hall–Kier alpha value is -1.33. The molecule has 1 rings (SSSR count). The van der Waals surface area contributed by atoms with E-state index in [0.717, 1.165) is 11.8 Å². The molecule has 2 N–H and O–H groups in total. The van der Waals surface area contributed by atoms with Crippen LogP contribution in [0.4, 0.5) is 0 Å². The molecule has 0 saturated carbocycles. The third-order valence-corrected chi connectivity index (χ3v) is 3.64. The summed E-state index contributed by atoms with van der Waals surface area (Å²) in [5.74, 6) is 0.107. The summed E-state index contributed by atoms with van der Waals surface area (Å²) >= 11 is 1.09. The van der Waals surface area contributed by atoms with Crippen LogP contribution < -0.4 is 5.32 Å². The van der Waals surface area contributed by atoms with Gasteiger partial charge in [0, 0.05) is 18.2 Å². The summed E-state index contributed by atoms with van der Waals surface area (Å²) in [6.07, 6.45) is 0. The number of carbonyl (C=O) groups is 2. The molecular weight excluding hydrogens is 250 g/mol. The monoisotopic (exact) mass is 267 g/mol. The highest BCUT2D eigenvalue weighted by Gasteiger charge is 2.25. The van der Waals surface area contributed by atoms with Crippen LogP contribution in [0, 0.1) is 0 Å². The van der Waals surface area contributed by atoms with Crippen LogP contribution in [-0.2, 0) is 4.79 Å². The normalized spacial score (nSPS) is 13.7. The molecule has 0 heterocycles. The number of aliphatic hydroxyl groups is 1. The molecule has 1 amide bonds. The predicted octanol–water partition coefficient (Wildman–Crippen LogP) is 1.45. The van der Waals surface area contributed by atoms with Gasteiger partial charge in [-0.05, 0) is 6.92 Å². The summed E-state index contributed by atoms with van der Waals surface area (Å²) in [6, 6.07) is 8.92. The largest absolute Gasteiger partial charge is 0.394 e. The van der Waals surface area contributed by atoms with Crippen molar-refractivity contribution in [3.63, 3.8) is 0 Å². The van der Waals surface area contributed by atoms with Crippen LogP contribution in [0.25, 0.3) is 0 Å². The van der Waals surface area contributed by atoms with Crippen molar-refractivity contribution in [1.82, 2.24) is 5.32 Å². The summed E-state index contributed by atoms with van der Waals surface area (Å²) in [5.41, 5.74) is -0.161. The summed E-state index contributed by atoms with van der Waals surface area (Å²) in [5, 5.41) is 11.9. The second-order valence-corrected chi connectivity index (χ2v) is 5.29. The maximum Gasteiger partial charge on any atom is 0.219 e. The number of thioether (sulfide) groups is 1. The SMILES string of the molecule is CC(=O)NC(C)(CO)CSC(=O)c1ccccc1. The maximum atomic E-state index is 11.9. The quantitative estimate of drug-likeness (QED) is 0.847. The Labute approximate surface area is 111 Å². The Morgan fingerprint density at radius 1 is 1.33 bits per heavy atom. The molecule has 18 heavy (non-hydrogen) atoms. The molecule has 1 unspecified atom stereocenters. The van der Waals surface area contributed by atoms with Crippen LogP contribution in [0.1, 0.15) is 24.2 Å². The molecule has 0 saturated heterocycles. The van der Waals surface area contributed by atoms with Gasteiger partial charge < -0.3 is 10.4 Å². The molecule has 5 heteroatoms. The fourth-order valence-corrected chi connectivity index (χ4v) is 2.34. The van der Waals surface area contributed by atoms with E-state index < -0.39 is 5.54 Å². The Kier molecular flexibility index (Phi) is 5.37. The molecule has 1 atom stereocenters. The lowest BCUT2D eigenvalue weighted by atomic mass is 10.1. The molecule has 0 aliphatic heterocycles. The Bertz CT molecular complexity index is 422. The van der Waals surface area contributed by atoms with Crippen molar-refractivity contribution in [3.8, 4) is 0 Å². The van der Waals surface area contributed by atoms with Gasteiger partial charge in [0.05, 0.1) is 12.1 Å². The van der Waals surface area contributed by atoms with Crippen molar-refractivity contribution >= 4 is 22.8 Å². The Balaban J connectivity index is 2.58. The van der Waals surface area contributed by atoms with E-state index in [1.165, 1.54) is 6.92 Å². The number of rotatable bonds is 5. The van der Waals surface area contributed by atoms with Crippen LogP contribution >= 0.6 is 11.8 Å². The third-order valence-electron chi connectivity index (χ3n) is 2.36. The third kappa shape index (κ3) is 4.50. The van der Waals surface area contributed by atoms with E-state index in [2.05, 4.69) is 5.32 Å². The van der Waals surface area contributed by atoms with Gasteiger partial charge in [-0.3, -0.25) is 9.59 Å². The lowest BCUT2D eigenvalue weighted by Crippen LogP contribution is -2.50. The van der Waals surface area contributed by atoms with Gasteiger partial charge in [0.15, 0.2) is 0 Å². The van der Waals surface area contributed by atoms with E-state index in [1.807, 2.05) is 6.07 Å². The molecule has 0 bridgehead atoms. The summed E-state index contributed by atoms with van der Waals surface area (Å²) < 4.78 is 0. The highest BCUT2D eigenvalue weighted by molar-refractivity contribution is 8.14. The predicted molar refractivity (Wildman–Crippen MR) is 72.5 cm³/mol. The van der Waals surface area contributed by atoms with Crippen molar-refractivity contribution in [2.45, 2.75) is 19.4 Å². The lowest BCUT2D eigenvalue weighted by molar-refractivity contribution is -0.120. The van der Waals surface area contributed by atoms with Gasteiger partial charge in [0.2, 0.25) is 11.0 Å². The average molecular weight is 267 g/mol. The number of carbonyl (C=O) groups excluding carboxylic acids is 2. The first-order valence-electron chi connectivity index (χ1n) is 5.59. The van der Waals surface area contributed by atoms with Crippen molar-refractivity contribution in [3.05, 3.63) is 35.9 Å². The minimum absolute atomic E-state index is 0.0689. The minimum Gasteiger partial charge on any atom is -0.394 e. The highest BCUT2D eigenvalue weighted by Crippen LogP contribution is 2.18. The van der Waals surface area contributed by atoms with Gasteiger partial charge in [-0.1, -0.05) is 42.1 Å². The first-order valence-corrected chi connectivity index (χ1v) is 6.57. The number of aliphatic hydroxyl groups excluding tert-OH is 1. The van der Waals surface area contributed by atoms with Gasteiger partial charge in [-0.2, -0.15) is 0 Å². The first kappa shape index (κ1) is 14.7. The van der Waals surface area contributed by atoms with E-state index in [9.17, 15) is 14.7 Å². The zero-order valence-electron chi connectivity index (χ0n) is 10.5. The van der Waals surface area contributed by atoms with Crippen LogP contribution in [-0.4, -0.2) is 34.0 Å². The van der Waals surface area contributed by atoms with Crippen LogP contribution in [0.2, 0.25) is 0 Å². The minimum atomic E-state index is -0.777. The standard InChI is InChI=1S/C13H17NO3S/c1-10(16)14-13(2,8-15)9-18-12(17)11-6-4-3-5-7-11/h3-7,15H,8-9H2,1-2H3,(H,14,16). The number of hydrogen-bond donors (Lipinski definition) is 2. The van der Waals surface area contributed by atoms with Crippen molar-refractivity contribution < 1.29 is 14.7 Å². The van der Waals surface area contributed by atoms with Gasteiger partial charge >= 0.3 is 0 Å². The molecule has 4 nitrogen and oxygen atoms in total. The molecule has 0 aliphatic rings. The van der Waals surface area contributed by atoms with E-state index >= 15 is 0 Å². The number of amides is 1. The fraction of sp³-hybridized carbons (Fsp3) is 0.385. The summed E-state index contributed by atoms with van der Waals surface area (Å²) in [6.45, 7) is 2.89. The van der Waals surface area contributed by atoms with Crippen LogP contribution in [0.5, 0.6) is 0 Å². The Morgan fingerprint density at radius 2 is 1.94 bits per heavy atom. The second-order valence-electron chi connectivity index (χ2n) is 4.34. The van der Waals surface area contributed by atoms with Gasteiger partial charge in [-0.15, -0.1) is 0 Å². The lowest BCUT2D eigenvalue weighted by Gasteiger charge is -2.27. The number of nitrogens with one attached hydrogen (secondary N) is 1.